The number of hydrogen-bond donors (Lipinski definition) is 2. The van der Waals surface area contributed by atoms with Gasteiger partial charge in [0.15, 0.2) is 0 Å². The number of ketones is 2. The van der Waals surface area contributed by atoms with Gasteiger partial charge in [0.1, 0.15) is 17.3 Å². The number of hydrogen-bond acceptors (Lipinski definition) is 7. The average Bonchev–Trinajstić information content (AvgIpc) is 2.84. The summed E-state index contributed by atoms with van der Waals surface area (Å²) in [5, 5.41) is 11.1. The van der Waals surface area contributed by atoms with Crippen LogP contribution in [0.5, 0.6) is 5.75 Å². The van der Waals surface area contributed by atoms with Gasteiger partial charge in [-0.25, -0.2) is 4.79 Å². The number of carbonyl (C=O) groups excluding carboxylic acids is 2. The van der Waals surface area contributed by atoms with Crippen LogP contribution in [-0.2, 0) is 18.9 Å². The summed E-state index contributed by atoms with van der Waals surface area (Å²) in [6.45, 7) is 0. The molecule has 1 aromatic heterocycles. The summed E-state index contributed by atoms with van der Waals surface area (Å²) in [6, 6.07) is 12.6. The van der Waals surface area contributed by atoms with Crippen LogP contribution < -0.4 is 21.7 Å². The average molecular weight is 447 g/mol. The molecule has 1 unspecified atom stereocenters. The predicted molar refractivity (Wildman–Crippen MR) is 122 cm³/mol. The van der Waals surface area contributed by atoms with Gasteiger partial charge in [-0.1, -0.05) is 36.4 Å². The zero-order valence-corrected chi connectivity index (χ0v) is 18.2. The van der Waals surface area contributed by atoms with Gasteiger partial charge >= 0.3 is 5.69 Å². The molecule has 1 atom stereocenters. The minimum absolute atomic E-state index is 0.0681. The summed E-state index contributed by atoms with van der Waals surface area (Å²) < 4.78 is 7.13. The number of Topliss-reactive ketones (excluding diaryl/α,β-unsaturated/α-hetero) is 2. The van der Waals surface area contributed by atoms with Crippen molar-refractivity contribution >= 4 is 23.1 Å². The number of rotatable bonds is 4. The van der Waals surface area contributed by atoms with E-state index in [2.05, 4.69) is 0 Å². The number of anilines is 1. The third kappa shape index (κ3) is 3.25. The lowest BCUT2D eigenvalue weighted by Crippen LogP contribution is -2.42. The smallest absolute Gasteiger partial charge is 0.332 e. The van der Waals surface area contributed by atoms with Crippen molar-refractivity contribution in [1.82, 2.24) is 9.13 Å². The third-order valence-electron chi connectivity index (χ3n) is 5.91. The fourth-order valence-electron chi connectivity index (χ4n) is 4.08. The van der Waals surface area contributed by atoms with Gasteiger partial charge in [0.25, 0.3) is 5.56 Å². The second kappa shape index (κ2) is 7.94. The molecule has 168 valence electrons. The van der Waals surface area contributed by atoms with Gasteiger partial charge in [-0.2, -0.15) is 0 Å². The highest BCUT2D eigenvalue weighted by Crippen LogP contribution is 2.40. The normalized spacial score (nSPS) is 14.3. The first-order valence-corrected chi connectivity index (χ1v) is 9.99. The molecule has 9 nitrogen and oxygen atoms in total. The maximum absolute atomic E-state index is 13.3. The molecular weight excluding hydrogens is 426 g/mol. The maximum Gasteiger partial charge on any atom is 0.332 e. The number of benzene rings is 2. The first-order valence-electron chi connectivity index (χ1n) is 9.99. The van der Waals surface area contributed by atoms with Gasteiger partial charge < -0.3 is 15.6 Å². The zero-order chi connectivity index (χ0) is 24.0. The van der Waals surface area contributed by atoms with E-state index in [4.69, 9.17) is 10.5 Å². The fourth-order valence-corrected chi connectivity index (χ4v) is 4.08. The Bertz CT molecular complexity index is 1460. The summed E-state index contributed by atoms with van der Waals surface area (Å²) in [7, 11) is 4.17. The van der Waals surface area contributed by atoms with Crippen molar-refractivity contribution < 1.29 is 19.4 Å². The summed E-state index contributed by atoms with van der Waals surface area (Å²) in [6.07, 6.45) is 0. The number of allylic oxidation sites excluding steroid dienone is 1. The predicted octanol–water partition coefficient (Wildman–Crippen LogP) is 1.54. The lowest BCUT2D eigenvalue weighted by molar-refractivity contribution is -0.112. The van der Waals surface area contributed by atoms with Crippen LogP contribution in [0.15, 0.2) is 63.7 Å². The van der Waals surface area contributed by atoms with Crippen LogP contribution in [0.25, 0.3) is 5.76 Å². The molecule has 1 heterocycles. The number of nitrogens with zero attached hydrogens (tertiary/aromatic N) is 2. The first kappa shape index (κ1) is 21.8. The lowest BCUT2D eigenvalue weighted by Gasteiger charge is -2.26. The van der Waals surface area contributed by atoms with Crippen molar-refractivity contribution in [2.45, 2.75) is 5.92 Å². The Kier molecular flexibility index (Phi) is 5.25. The van der Waals surface area contributed by atoms with Crippen molar-refractivity contribution in [2.75, 3.05) is 12.8 Å². The van der Waals surface area contributed by atoms with E-state index in [9.17, 15) is 24.3 Å². The number of carbonyl (C=O) groups is 2. The van der Waals surface area contributed by atoms with Gasteiger partial charge in [-0.15, -0.1) is 0 Å². The van der Waals surface area contributed by atoms with Gasteiger partial charge in [-0.3, -0.25) is 23.5 Å². The Labute approximate surface area is 188 Å². The van der Waals surface area contributed by atoms with Crippen molar-refractivity contribution in [1.29, 1.82) is 0 Å². The lowest BCUT2D eigenvalue weighted by atomic mass is 9.77. The minimum atomic E-state index is -1.22. The van der Waals surface area contributed by atoms with Crippen molar-refractivity contribution in [3.05, 3.63) is 97.2 Å². The van der Waals surface area contributed by atoms with Gasteiger partial charge in [0, 0.05) is 25.2 Å². The molecule has 33 heavy (non-hydrogen) atoms. The molecule has 0 amide bonds. The quantitative estimate of drug-likeness (QED) is 0.580. The molecule has 0 spiro atoms. The molecular formula is C24H21N3O6. The zero-order valence-electron chi connectivity index (χ0n) is 18.2. The van der Waals surface area contributed by atoms with Gasteiger partial charge in [0.05, 0.1) is 24.2 Å². The Morgan fingerprint density at radius 1 is 0.879 bits per heavy atom. The second-order valence-electron chi connectivity index (χ2n) is 7.68. The van der Waals surface area contributed by atoms with Gasteiger partial charge in [-0.05, 0) is 17.7 Å². The maximum atomic E-state index is 13.3. The number of fused-ring (bicyclic) bond motifs is 1. The summed E-state index contributed by atoms with van der Waals surface area (Å²) in [5.74, 6) is -3.06. The number of methoxy groups -OCH3 is 1. The highest BCUT2D eigenvalue weighted by atomic mass is 16.5. The highest BCUT2D eigenvalue weighted by molar-refractivity contribution is 6.52. The van der Waals surface area contributed by atoms with Crippen LogP contribution in [0.3, 0.4) is 0 Å². The molecule has 0 fully saturated rings. The van der Waals surface area contributed by atoms with E-state index in [-0.39, 0.29) is 28.1 Å². The van der Waals surface area contributed by atoms with E-state index >= 15 is 0 Å². The number of ether oxygens (including phenoxy) is 1. The number of aliphatic hydroxyl groups excluding tert-OH is 1. The molecule has 1 aliphatic rings. The molecule has 2 aromatic carbocycles. The minimum Gasteiger partial charge on any atom is -0.507 e. The van der Waals surface area contributed by atoms with Gasteiger partial charge in [0.2, 0.25) is 11.6 Å². The Balaban J connectivity index is 2.12. The first-order chi connectivity index (χ1) is 15.7. The largest absolute Gasteiger partial charge is 0.507 e. The summed E-state index contributed by atoms with van der Waals surface area (Å²) in [5.41, 5.74) is 5.07. The molecule has 0 radical (unpaired) electrons. The van der Waals surface area contributed by atoms with Crippen molar-refractivity contribution in [3.63, 3.8) is 0 Å². The van der Waals surface area contributed by atoms with Crippen LogP contribution in [0, 0.1) is 0 Å². The van der Waals surface area contributed by atoms with E-state index in [1.165, 1.54) is 33.3 Å². The number of nitrogens with two attached hydrogens (primary N) is 1. The standard InChI is InChI=1S/C24H21N3O6/c1-26-22(25)18(23(31)27(2)24(26)32)16(12-8-10-13(33-3)11-9-12)17-19(28)14-6-4-5-7-15(14)20(29)21(17)30/h4-11,16,28H,25H2,1-3H3. The monoisotopic (exact) mass is 447 g/mol. The van der Waals surface area contributed by atoms with Crippen molar-refractivity contribution in [2.24, 2.45) is 14.1 Å². The topological polar surface area (TPSA) is 134 Å². The summed E-state index contributed by atoms with van der Waals surface area (Å²) >= 11 is 0. The van der Waals surface area contributed by atoms with E-state index in [1.54, 1.807) is 36.4 Å². The van der Waals surface area contributed by atoms with Crippen LogP contribution in [-0.4, -0.2) is 32.9 Å². The van der Waals surface area contributed by atoms with Crippen LogP contribution >= 0.6 is 0 Å². The van der Waals surface area contributed by atoms with Crippen LogP contribution in [0.2, 0.25) is 0 Å². The highest BCUT2D eigenvalue weighted by Gasteiger charge is 2.40. The van der Waals surface area contributed by atoms with E-state index in [0.29, 0.717) is 11.3 Å². The summed E-state index contributed by atoms with van der Waals surface area (Å²) in [4.78, 5) is 51.8. The van der Waals surface area contributed by atoms with Crippen LogP contribution in [0.1, 0.15) is 33.0 Å². The fraction of sp³-hybridized carbons (Fsp3) is 0.167. The molecule has 9 heteroatoms. The molecule has 0 bridgehead atoms. The second-order valence-corrected chi connectivity index (χ2v) is 7.68. The Morgan fingerprint density at radius 3 is 2.09 bits per heavy atom. The van der Waals surface area contributed by atoms with E-state index in [0.717, 1.165) is 9.13 Å². The van der Waals surface area contributed by atoms with Crippen molar-refractivity contribution in [3.8, 4) is 5.75 Å². The third-order valence-corrected chi connectivity index (χ3v) is 5.91. The SMILES string of the molecule is COc1ccc(C(C2=C(O)c3ccccc3C(=O)C2=O)c2c(N)n(C)c(=O)n(C)c2=O)cc1. The Morgan fingerprint density at radius 2 is 1.48 bits per heavy atom. The molecule has 0 saturated heterocycles. The molecule has 0 saturated carbocycles. The number of aliphatic hydroxyl groups is 1. The van der Waals surface area contributed by atoms with E-state index in [1.807, 2.05) is 0 Å². The molecule has 3 aromatic rings. The molecule has 0 aliphatic heterocycles. The molecule has 4 rings (SSSR count). The van der Waals surface area contributed by atoms with E-state index < -0.39 is 34.5 Å². The number of nitrogen functional groups attached to an aromatic ring is 1. The number of aromatic nitrogens is 2. The molecule has 3 N–H and O–H groups in total. The molecule has 1 aliphatic carbocycles. The Hall–Kier alpha value is -4.40. The van der Waals surface area contributed by atoms with Crippen LogP contribution in [0.4, 0.5) is 5.82 Å².